The lowest BCUT2D eigenvalue weighted by molar-refractivity contribution is -0.119. The summed E-state index contributed by atoms with van der Waals surface area (Å²) in [4.78, 5) is 14.4. The van der Waals surface area contributed by atoms with Crippen LogP contribution < -0.4 is 4.90 Å². The topological polar surface area (TPSA) is 51.0 Å². The summed E-state index contributed by atoms with van der Waals surface area (Å²) in [6.07, 6.45) is 0. The second-order valence-corrected chi connectivity index (χ2v) is 5.47. The molecule has 0 spiro atoms. The summed E-state index contributed by atoms with van der Waals surface area (Å²) >= 11 is 0. The van der Waals surface area contributed by atoms with Crippen LogP contribution in [0.15, 0.2) is 54.6 Å². The Balaban J connectivity index is 2.00. The van der Waals surface area contributed by atoms with Crippen LogP contribution in [0, 0.1) is 0 Å². The predicted octanol–water partition coefficient (Wildman–Crippen LogP) is 2.98. The smallest absolute Gasteiger partial charge is 0.248 e. The first-order valence-corrected chi connectivity index (χ1v) is 7.68. The van der Waals surface area contributed by atoms with Crippen LogP contribution in [0.5, 0.6) is 0 Å². The number of para-hydroxylation sites is 1. The van der Waals surface area contributed by atoms with Crippen LogP contribution in [-0.4, -0.2) is 27.4 Å². The predicted molar refractivity (Wildman–Crippen MR) is 88.9 cm³/mol. The highest BCUT2D eigenvalue weighted by atomic mass is 16.2. The fraction of sp³-hybridized carbons (Fsp3) is 0.167. The van der Waals surface area contributed by atoms with Gasteiger partial charge in [0.1, 0.15) is 12.2 Å². The highest BCUT2D eigenvalue weighted by Crippen LogP contribution is 2.38. The molecule has 4 rings (SSSR count). The molecule has 0 N–H and O–H groups in total. The molecule has 5 heteroatoms. The summed E-state index contributed by atoms with van der Waals surface area (Å²) in [6, 6.07) is 17.9. The molecule has 0 fully saturated rings. The number of hydrogen-bond donors (Lipinski definition) is 0. The molecule has 0 bridgehead atoms. The van der Waals surface area contributed by atoms with Crippen LogP contribution in [0.25, 0.3) is 22.5 Å². The molecule has 1 aliphatic rings. The summed E-state index contributed by atoms with van der Waals surface area (Å²) in [7, 11) is 0. The fourth-order valence-corrected chi connectivity index (χ4v) is 3.08. The van der Waals surface area contributed by atoms with E-state index < -0.39 is 0 Å². The Kier molecular flexibility index (Phi) is 3.19. The second-order valence-electron chi connectivity index (χ2n) is 5.47. The third-order valence-corrected chi connectivity index (χ3v) is 4.13. The van der Waals surface area contributed by atoms with Crippen molar-refractivity contribution in [3.8, 4) is 22.5 Å². The zero-order valence-corrected chi connectivity index (χ0v) is 12.8. The number of nitrogens with zero attached hydrogens (tertiary/aromatic N) is 4. The molecule has 1 aromatic heterocycles. The number of carbonyl (C=O) groups excluding carboxylic acids is 1. The van der Waals surface area contributed by atoms with Gasteiger partial charge in [-0.25, -0.2) is 4.68 Å². The van der Waals surface area contributed by atoms with Crippen molar-refractivity contribution in [2.45, 2.75) is 13.5 Å². The van der Waals surface area contributed by atoms with E-state index in [0.29, 0.717) is 6.54 Å². The first kappa shape index (κ1) is 13.7. The van der Waals surface area contributed by atoms with E-state index in [2.05, 4.69) is 10.3 Å². The number of aromatic nitrogens is 3. The molecule has 1 aliphatic heterocycles. The van der Waals surface area contributed by atoms with Crippen molar-refractivity contribution in [1.29, 1.82) is 0 Å². The number of anilines is 1. The van der Waals surface area contributed by atoms with E-state index in [1.165, 1.54) is 0 Å². The van der Waals surface area contributed by atoms with Crippen molar-refractivity contribution < 1.29 is 4.79 Å². The molecular formula is C18H16N4O. The molecule has 0 aliphatic carbocycles. The highest BCUT2D eigenvalue weighted by Gasteiger charge is 2.28. The van der Waals surface area contributed by atoms with Crippen molar-refractivity contribution in [2.75, 3.05) is 11.4 Å². The molecule has 0 unspecified atom stereocenters. The summed E-state index contributed by atoms with van der Waals surface area (Å²) < 4.78 is 1.71. The van der Waals surface area contributed by atoms with Crippen LogP contribution >= 0.6 is 0 Å². The summed E-state index contributed by atoms with van der Waals surface area (Å²) in [5.74, 6) is 0.0308. The van der Waals surface area contributed by atoms with Gasteiger partial charge in [-0.3, -0.25) is 4.79 Å². The minimum Gasteiger partial charge on any atom is -0.310 e. The second kappa shape index (κ2) is 5.35. The lowest BCUT2D eigenvalue weighted by Gasteiger charge is -2.20. The van der Waals surface area contributed by atoms with Crippen LogP contribution in [0.2, 0.25) is 0 Å². The standard InChI is InChI=1S/C18H16N4O/c1-2-21-15-11-7-6-10-14(15)18-17(13-8-4-3-5-9-13)19-20-22(18)12-16(21)23/h3-11H,2,12H2,1H3. The van der Waals surface area contributed by atoms with Gasteiger partial charge in [0.25, 0.3) is 0 Å². The van der Waals surface area contributed by atoms with Gasteiger partial charge >= 0.3 is 0 Å². The molecule has 0 saturated heterocycles. The molecule has 23 heavy (non-hydrogen) atoms. The van der Waals surface area contributed by atoms with Crippen molar-refractivity contribution >= 4 is 11.6 Å². The van der Waals surface area contributed by atoms with Gasteiger partial charge in [0.2, 0.25) is 5.91 Å². The fourth-order valence-electron chi connectivity index (χ4n) is 3.08. The van der Waals surface area contributed by atoms with E-state index in [9.17, 15) is 4.79 Å². The quantitative estimate of drug-likeness (QED) is 0.731. The minimum atomic E-state index is 0.0308. The number of rotatable bonds is 2. The lowest BCUT2D eigenvalue weighted by Crippen LogP contribution is -2.32. The maximum absolute atomic E-state index is 12.6. The average molecular weight is 304 g/mol. The molecular weight excluding hydrogens is 288 g/mol. The van der Waals surface area contributed by atoms with E-state index >= 15 is 0 Å². The molecule has 1 amide bonds. The molecule has 114 valence electrons. The normalized spacial score (nSPS) is 13.4. The third-order valence-electron chi connectivity index (χ3n) is 4.13. The van der Waals surface area contributed by atoms with E-state index in [1.807, 2.05) is 61.5 Å². The first-order chi connectivity index (χ1) is 11.3. The van der Waals surface area contributed by atoms with Crippen LogP contribution in [0.4, 0.5) is 5.69 Å². The Hall–Kier alpha value is -2.95. The zero-order valence-electron chi connectivity index (χ0n) is 12.8. The molecule has 0 saturated carbocycles. The Labute approximate surface area is 134 Å². The van der Waals surface area contributed by atoms with Gasteiger partial charge in [-0.2, -0.15) is 0 Å². The molecule has 5 nitrogen and oxygen atoms in total. The van der Waals surface area contributed by atoms with E-state index in [1.54, 1.807) is 9.58 Å². The molecule has 0 radical (unpaired) electrons. The minimum absolute atomic E-state index is 0.0308. The van der Waals surface area contributed by atoms with Crippen molar-refractivity contribution in [3.63, 3.8) is 0 Å². The van der Waals surface area contributed by atoms with Crippen molar-refractivity contribution in [2.24, 2.45) is 0 Å². The lowest BCUT2D eigenvalue weighted by atomic mass is 10.0. The third kappa shape index (κ3) is 2.12. The van der Waals surface area contributed by atoms with Gasteiger partial charge in [-0.15, -0.1) is 5.10 Å². The number of likely N-dealkylation sites (N-methyl/N-ethyl adjacent to an activating group) is 1. The van der Waals surface area contributed by atoms with Crippen LogP contribution in [0.1, 0.15) is 6.92 Å². The van der Waals surface area contributed by atoms with Gasteiger partial charge < -0.3 is 4.90 Å². The summed E-state index contributed by atoms with van der Waals surface area (Å²) in [6.45, 7) is 2.82. The largest absolute Gasteiger partial charge is 0.310 e. The SMILES string of the molecule is CCN1C(=O)Cn2nnc(-c3ccccc3)c2-c2ccccc21. The Morgan fingerprint density at radius 3 is 2.57 bits per heavy atom. The van der Waals surface area contributed by atoms with Crippen molar-refractivity contribution in [3.05, 3.63) is 54.6 Å². The average Bonchev–Trinajstić information content (AvgIpc) is 2.95. The molecule has 2 aromatic carbocycles. The summed E-state index contributed by atoms with van der Waals surface area (Å²) in [5.41, 5.74) is 4.61. The number of hydrogen-bond acceptors (Lipinski definition) is 3. The van der Waals surface area contributed by atoms with E-state index in [0.717, 1.165) is 28.2 Å². The van der Waals surface area contributed by atoms with Crippen LogP contribution in [-0.2, 0) is 11.3 Å². The van der Waals surface area contributed by atoms with Gasteiger partial charge in [0, 0.05) is 17.7 Å². The van der Waals surface area contributed by atoms with Gasteiger partial charge in [-0.1, -0.05) is 53.7 Å². The van der Waals surface area contributed by atoms with Gasteiger partial charge in [-0.05, 0) is 13.0 Å². The Morgan fingerprint density at radius 1 is 1.04 bits per heavy atom. The van der Waals surface area contributed by atoms with Gasteiger partial charge in [0.15, 0.2) is 0 Å². The van der Waals surface area contributed by atoms with Crippen LogP contribution in [0.3, 0.4) is 0 Å². The Morgan fingerprint density at radius 2 is 1.78 bits per heavy atom. The zero-order chi connectivity index (χ0) is 15.8. The monoisotopic (exact) mass is 304 g/mol. The summed E-state index contributed by atoms with van der Waals surface area (Å²) in [5, 5.41) is 8.57. The number of amides is 1. The number of fused-ring (bicyclic) bond motifs is 3. The number of carbonyl (C=O) groups is 1. The van der Waals surface area contributed by atoms with Crippen molar-refractivity contribution in [1.82, 2.24) is 15.0 Å². The van der Waals surface area contributed by atoms with Gasteiger partial charge in [0.05, 0.1) is 11.4 Å². The maximum Gasteiger partial charge on any atom is 0.248 e. The number of benzene rings is 2. The molecule has 0 atom stereocenters. The first-order valence-electron chi connectivity index (χ1n) is 7.68. The molecule has 2 heterocycles. The van der Waals surface area contributed by atoms with E-state index in [4.69, 9.17) is 0 Å². The maximum atomic E-state index is 12.6. The highest BCUT2D eigenvalue weighted by molar-refractivity contribution is 6.00. The Bertz CT molecular complexity index is 870. The molecule has 3 aromatic rings. The van der Waals surface area contributed by atoms with E-state index in [-0.39, 0.29) is 12.5 Å².